The van der Waals surface area contributed by atoms with Gasteiger partial charge in [-0.1, -0.05) is 86.8 Å². The van der Waals surface area contributed by atoms with Crippen molar-refractivity contribution in [3.8, 4) is 0 Å². The van der Waals surface area contributed by atoms with Gasteiger partial charge in [-0.05, 0) is 63.0 Å². The predicted molar refractivity (Wildman–Crippen MR) is 218 cm³/mol. The standard InChI is InChI=1S/C41H59N9O9/c1-3-4-7-19-31(45-37(52)35(42)28(2)58-26-29-15-8-5-9-16-29)38(53)49-25-14-22-34(49)39(54)48-24-13-21-33(48)36(51)46-32(20-12-23-44-41(43)47-50(56)57)40(55)59-27-30-17-10-6-11-18-30/h5-6,8-11,15-18,28,31-35H,3-4,7,12-14,19-27,42H2,1-2H3,(H,45,52)(H,46,51)(H3,43,44,47). The number of carbonyl (C=O) groups is 5. The van der Waals surface area contributed by atoms with Gasteiger partial charge in [0, 0.05) is 19.6 Å². The topological polar surface area (TPSA) is 254 Å². The molecule has 2 aliphatic heterocycles. The van der Waals surface area contributed by atoms with Gasteiger partial charge in [-0.15, -0.1) is 0 Å². The number of benzene rings is 2. The zero-order valence-electron chi connectivity index (χ0n) is 34.0. The Morgan fingerprint density at radius 1 is 0.864 bits per heavy atom. The van der Waals surface area contributed by atoms with E-state index in [2.05, 4.69) is 21.1 Å². The molecule has 6 unspecified atom stereocenters. The number of likely N-dealkylation sites (tertiary alicyclic amines) is 2. The smallest absolute Gasteiger partial charge is 0.328 e. The summed E-state index contributed by atoms with van der Waals surface area (Å²) < 4.78 is 11.4. The molecule has 18 heteroatoms. The van der Waals surface area contributed by atoms with Crippen LogP contribution in [0.15, 0.2) is 65.8 Å². The Bertz CT molecular complexity index is 1730. The summed E-state index contributed by atoms with van der Waals surface area (Å²) in [5, 5.41) is 20.9. The van der Waals surface area contributed by atoms with E-state index < -0.39 is 65.1 Å². The van der Waals surface area contributed by atoms with Crippen LogP contribution < -0.4 is 27.4 Å². The van der Waals surface area contributed by atoms with Crippen LogP contribution in [-0.4, -0.2) is 106 Å². The van der Waals surface area contributed by atoms with Crippen molar-refractivity contribution >= 4 is 35.6 Å². The lowest BCUT2D eigenvalue weighted by Crippen LogP contribution is -2.58. The summed E-state index contributed by atoms with van der Waals surface area (Å²) >= 11 is 0. The molecule has 6 atom stereocenters. The first-order chi connectivity index (χ1) is 28.4. The molecule has 322 valence electrons. The fraction of sp³-hybridized carbons (Fsp3) is 0.561. The first-order valence-corrected chi connectivity index (χ1v) is 20.4. The Morgan fingerprint density at radius 2 is 1.47 bits per heavy atom. The summed E-state index contributed by atoms with van der Waals surface area (Å²) in [4.78, 5) is 82.7. The second kappa shape index (κ2) is 23.7. The third-order valence-electron chi connectivity index (χ3n) is 10.5. The minimum atomic E-state index is -1.10. The lowest BCUT2D eigenvalue weighted by molar-refractivity contribution is -0.485. The molecule has 2 aromatic rings. The number of unbranched alkanes of at least 4 members (excludes halogenated alkanes) is 2. The van der Waals surface area contributed by atoms with Crippen LogP contribution in [0.5, 0.6) is 0 Å². The van der Waals surface area contributed by atoms with Crippen LogP contribution in [0, 0.1) is 10.1 Å². The molecule has 0 aromatic heterocycles. The maximum Gasteiger partial charge on any atom is 0.328 e. The van der Waals surface area contributed by atoms with Crippen molar-refractivity contribution in [3.63, 3.8) is 0 Å². The number of nitro groups is 1. The van der Waals surface area contributed by atoms with Crippen LogP contribution in [0.25, 0.3) is 0 Å². The number of nitrogens with zero attached hydrogens (tertiary/aromatic N) is 4. The number of hydrogen-bond acceptors (Lipinski definition) is 10. The summed E-state index contributed by atoms with van der Waals surface area (Å²) in [6.45, 7) is 4.70. The molecule has 2 aromatic carbocycles. The molecule has 2 saturated heterocycles. The third kappa shape index (κ3) is 14.3. The normalized spacial score (nSPS) is 18.7. The average molecular weight is 822 g/mol. The number of rotatable bonds is 22. The zero-order valence-corrected chi connectivity index (χ0v) is 34.0. The van der Waals surface area contributed by atoms with Gasteiger partial charge in [0.25, 0.3) is 5.96 Å². The molecule has 4 amide bonds. The van der Waals surface area contributed by atoms with Gasteiger partial charge in [-0.2, -0.15) is 0 Å². The zero-order chi connectivity index (χ0) is 42.7. The highest BCUT2D eigenvalue weighted by Gasteiger charge is 2.44. The summed E-state index contributed by atoms with van der Waals surface area (Å²) in [6, 6.07) is 13.7. The summed E-state index contributed by atoms with van der Waals surface area (Å²) in [7, 11) is 0. The number of esters is 1. The minimum Gasteiger partial charge on any atom is -0.459 e. The molecule has 59 heavy (non-hydrogen) atoms. The van der Waals surface area contributed by atoms with Crippen molar-refractivity contribution in [2.75, 3.05) is 19.6 Å². The van der Waals surface area contributed by atoms with Crippen LogP contribution in [0.4, 0.5) is 0 Å². The van der Waals surface area contributed by atoms with Crippen molar-refractivity contribution < 1.29 is 38.5 Å². The van der Waals surface area contributed by atoms with E-state index in [1.54, 1.807) is 31.2 Å². The number of amides is 4. The number of ether oxygens (including phenoxy) is 2. The van der Waals surface area contributed by atoms with Crippen molar-refractivity contribution in [1.82, 2.24) is 25.8 Å². The fourth-order valence-electron chi connectivity index (χ4n) is 7.22. The van der Waals surface area contributed by atoms with Crippen LogP contribution in [0.1, 0.15) is 89.2 Å². The highest BCUT2D eigenvalue weighted by Crippen LogP contribution is 2.26. The number of nitrogens with two attached hydrogens (primary N) is 2. The van der Waals surface area contributed by atoms with Crippen molar-refractivity contribution in [2.24, 2.45) is 16.6 Å². The first-order valence-electron chi connectivity index (χ1n) is 20.4. The Labute approximate surface area is 344 Å². The van der Waals surface area contributed by atoms with Gasteiger partial charge >= 0.3 is 5.97 Å². The van der Waals surface area contributed by atoms with E-state index in [1.807, 2.05) is 43.3 Å². The number of hydrazone groups is 1. The molecule has 2 aliphatic rings. The van der Waals surface area contributed by atoms with E-state index in [-0.39, 0.29) is 51.0 Å². The van der Waals surface area contributed by atoms with Gasteiger partial charge in [0.05, 0.1) is 12.7 Å². The molecule has 2 heterocycles. The second-order valence-electron chi connectivity index (χ2n) is 14.9. The van der Waals surface area contributed by atoms with E-state index in [0.29, 0.717) is 45.1 Å². The highest BCUT2D eigenvalue weighted by molar-refractivity contribution is 5.96. The van der Waals surface area contributed by atoms with Crippen molar-refractivity contribution in [3.05, 3.63) is 81.9 Å². The Morgan fingerprint density at radius 3 is 2.12 bits per heavy atom. The molecule has 4 rings (SSSR count). The molecule has 0 aliphatic carbocycles. The molecule has 7 N–H and O–H groups in total. The van der Waals surface area contributed by atoms with Gasteiger partial charge in [0.2, 0.25) is 23.6 Å². The quantitative estimate of drug-likeness (QED) is 0.0286. The Kier molecular flexibility index (Phi) is 18.5. The number of hydrogen-bond donors (Lipinski definition) is 5. The second-order valence-corrected chi connectivity index (χ2v) is 14.9. The van der Waals surface area contributed by atoms with E-state index in [9.17, 15) is 34.1 Å². The van der Waals surface area contributed by atoms with Crippen LogP contribution >= 0.6 is 0 Å². The number of guanidine groups is 1. The van der Waals surface area contributed by atoms with E-state index in [0.717, 1.165) is 24.0 Å². The number of nitrogens with one attached hydrogen (secondary N) is 3. The largest absolute Gasteiger partial charge is 0.459 e. The summed E-state index contributed by atoms with van der Waals surface area (Å²) in [5.41, 5.74) is 13.5. The van der Waals surface area contributed by atoms with Crippen molar-refractivity contribution in [2.45, 2.75) is 128 Å². The Balaban J connectivity index is 1.41. The fourth-order valence-corrected chi connectivity index (χ4v) is 7.22. The van der Waals surface area contributed by atoms with Gasteiger partial charge in [0.15, 0.2) is 5.03 Å². The maximum atomic E-state index is 14.3. The Hall–Kier alpha value is -5.62. The molecule has 18 nitrogen and oxygen atoms in total. The third-order valence-corrected chi connectivity index (χ3v) is 10.5. The lowest BCUT2D eigenvalue weighted by atomic mass is 10.0. The van der Waals surface area contributed by atoms with Gasteiger partial charge < -0.3 is 46.7 Å². The van der Waals surface area contributed by atoms with Crippen molar-refractivity contribution in [1.29, 1.82) is 0 Å². The lowest BCUT2D eigenvalue weighted by Gasteiger charge is -2.33. The maximum absolute atomic E-state index is 14.3. The molecule has 0 bridgehead atoms. The molecule has 2 fully saturated rings. The molecule has 0 saturated carbocycles. The molecule has 0 radical (unpaired) electrons. The van der Waals surface area contributed by atoms with Crippen LogP contribution in [-0.2, 0) is 46.7 Å². The first kappa shape index (κ1) is 46.1. The summed E-state index contributed by atoms with van der Waals surface area (Å²) in [6.07, 6.45) is 4.32. The van der Waals surface area contributed by atoms with E-state index in [1.165, 1.54) is 9.80 Å². The predicted octanol–water partition coefficient (Wildman–Crippen LogP) is 2.07. The minimum absolute atomic E-state index is 0.0286. The van der Waals surface area contributed by atoms with Gasteiger partial charge in [-0.25, -0.2) is 14.9 Å². The van der Waals surface area contributed by atoms with Gasteiger partial charge in [0.1, 0.15) is 41.9 Å². The number of carbonyl (C=O) groups excluding carboxylic acids is 5. The highest BCUT2D eigenvalue weighted by atomic mass is 16.7. The molecular weight excluding hydrogens is 763 g/mol. The SMILES string of the molecule is CCCCCC(NC(=O)C(N)C(C)OCc1ccccc1)C(=O)N1CCCC1C(=O)N1CCCC1C(=O)NC(CCCNC(N)=N[N+](=O)[O-])C(=O)OCc1ccccc1. The van der Waals surface area contributed by atoms with Gasteiger partial charge in [-0.3, -0.25) is 19.2 Å². The summed E-state index contributed by atoms with van der Waals surface area (Å²) in [5.74, 6) is -2.92. The monoisotopic (exact) mass is 821 g/mol. The van der Waals surface area contributed by atoms with Crippen LogP contribution in [0.2, 0.25) is 0 Å². The van der Waals surface area contributed by atoms with E-state index >= 15 is 0 Å². The molecular formula is C41H59N9O9. The average Bonchev–Trinajstić information content (AvgIpc) is 3.94. The van der Waals surface area contributed by atoms with E-state index in [4.69, 9.17) is 20.9 Å². The molecule has 0 spiro atoms. The van der Waals surface area contributed by atoms with Crippen LogP contribution in [0.3, 0.4) is 0 Å².